The molecule has 2 aromatic rings. The maximum Gasteiger partial charge on any atom is 0.257 e. The van der Waals surface area contributed by atoms with Crippen molar-refractivity contribution in [2.75, 3.05) is 47.1 Å². The first kappa shape index (κ1) is 26.3. The van der Waals surface area contributed by atoms with E-state index in [1.165, 1.54) is 0 Å². The zero-order valence-electron chi connectivity index (χ0n) is 20.9. The number of aliphatic hydroxyl groups is 1. The summed E-state index contributed by atoms with van der Waals surface area (Å²) in [6, 6.07) is 14.8. The van der Waals surface area contributed by atoms with Gasteiger partial charge in [-0.2, -0.15) is 0 Å². The molecule has 8 nitrogen and oxygen atoms in total. The van der Waals surface area contributed by atoms with Crippen LogP contribution >= 0.6 is 12.2 Å². The maximum absolute atomic E-state index is 12.7. The van der Waals surface area contributed by atoms with Gasteiger partial charge in [0.25, 0.3) is 5.91 Å². The molecular weight excluding hydrogens is 478 g/mol. The van der Waals surface area contributed by atoms with Gasteiger partial charge in [-0.3, -0.25) is 15.0 Å². The van der Waals surface area contributed by atoms with Crippen molar-refractivity contribution in [2.45, 2.75) is 24.9 Å². The maximum atomic E-state index is 12.7. The van der Waals surface area contributed by atoms with Crippen LogP contribution in [0.2, 0.25) is 0 Å². The minimum Gasteiger partial charge on any atom is -0.497 e. The summed E-state index contributed by atoms with van der Waals surface area (Å²) in [6.07, 6.45) is 1.72. The number of hydrogen-bond acceptors (Lipinski definition) is 7. The molecule has 0 unspecified atom stereocenters. The van der Waals surface area contributed by atoms with Crippen LogP contribution in [0.25, 0.3) is 0 Å². The van der Waals surface area contributed by atoms with E-state index in [4.69, 9.17) is 26.4 Å². The second-order valence-electron chi connectivity index (χ2n) is 9.43. The Kier molecular flexibility index (Phi) is 8.79. The fourth-order valence-electron chi connectivity index (χ4n) is 5.53. The number of ether oxygens (including phenoxy) is 3. The Morgan fingerprint density at radius 2 is 1.92 bits per heavy atom. The summed E-state index contributed by atoms with van der Waals surface area (Å²) in [5.74, 6) is 1.41. The van der Waals surface area contributed by atoms with Gasteiger partial charge in [-0.15, -0.1) is 0 Å². The fraction of sp³-hybridized carbons (Fsp3) is 0.481. The monoisotopic (exact) mass is 513 g/mol. The van der Waals surface area contributed by atoms with Gasteiger partial charge < -0.3 is 24.6 Å². The van der Waals surface area contributed by atoms with Gasteiger partial charge in [-0.1, -0.05) is 24.3 Å². The molecule has 2 aliphatic rings. The zero-order chi connectivity index (χ0) is 25.5. The predicted molar refractivity (Wildman–Crippen MR) is 141 cm³/mol. The molecule has 9 heteroatoms. The average Bonchev–Trinajstić information content (AvgIpc) is 3.27. The van der Waals surface area contributed by atoms with E-state index in [1.807, 2.05) is 36.4 Å². The van der Waals surface area contributed by atoms with Crippen LogP contribution in [0.5, 0.6) is 11.5 Å². The standard InChI is InChI=1S/C27H35N3O5S/c1-33-23-9-8-20(24(14-23)34-2)15-30-16-22(17-31)27(18-30,21-10-12-35-13-11-21)29-26(36)28-25(32)19-6-4-3-5-7-19/h3-9,14,21-22,31H,10-13,15-18H2,1-2H3,(H2,28,29,32,36)/t22-,27+/m0/s1. The number of aliphatic hydroxyl groups excluding tert-OH is 1. The molecule has 0 aromatic heterocycles. The SMILES string of the molecule is COc1ccc(CN2C[C@@H](CO)[C@](NC(=S)NC(=O)c3ccccc3)(C3CCOCC3)C2)c(OC)c1. The van der Waals surface area contributed by atoms with Crippen LogP contribution in [0.4, 0.5) is 0 Å². The van der Waals surface area contributed by atoms with Crippen molar-refractivity contribution in [1.29, 1.82) is 0 Å². The number of carbonyl (C=O) groups excluding carboxylic acids is 1. The Morgan fingerprint density at radius 3 is 2.58 bits per heavy atom. The van der Waals surface area contributed by atoms with E-state index in [0.29, 0.717) is 38.4 Å². The third kappa shape index (κ3) is 5.81. The van der Waals surface area contributed by atoms with Crippen LogP contribution in [-0.2, 0) is 11.3 Å². The van der Waals surface area contributed by atoms with Crippen molar-refractivity contribution in [3.8, 4) is 11.5 Å². The summed E-state index contributed by atoms with van der Waals surface area (Å²) in [7, 11) is 3.29. The summed E-state index contributed by atoms with van der Waals surface area (Å²) in [5, 5.41) is 17.1. The Balaban J connectivity index is 1.55. The molecular formula is C27H35N3O5S. The number of methoxy groups -OCH3 is 2. The number of likely N-dealkylation sites (tertiary alicyclic amines) is 1. The first-order chi connectivity index (χ1) is 17.5. The number of hydrogen-bond donors (Lipinski definition) is 3. The quantitative estimate of drug-likeness (QED) is 0.464. The van der Waals surface area contributed by atoms with E-state index in [9.17, 15) is 9.90 Å². The van der Waals surface area contributed by atoms with Crippen molar-refractivity contribution < 1.29 is 24.1 Å². The van der Waals surface area contributed by atoms with E-state index in [-0.39, 0.29) is 29.5 Å². The van der Waals surface area contributed by atoms with Gasteiger partial charge in [0.05, 0.1) is 19.8 Å². The van der Waals surface area contributed by atoms with Crippen molar-refractivity contribution in [3.05, 3.63) is 59.7 Å². The molecule has 2 atom stereocenters. The smallest absolute Gasteiger partial charge is 0.257 e. The third-order valence-corrected chi connectivity index (χ3v) is 7.56. The lowest BCUT2D eigenvalue weighted by Crippen LogP contribution is -2.63. The van der Waals surface area contributed by atoms with Gasteiger partial charge in [0.2, 0.25) is 0 Å². The summed E-state index contributed by atoms with van der Waals surface area (Å²) in [6.45, 7) is 3.35. The number of nitrogens with one attached hydrogen (secondary N) is 2. The molecule has 0 saturated carbocycles. The van der Waals surface area contributed by atoms with Gasteiger partial charge in [0.15, 0.2) is 5.11 Å². The molecule has 3 N–H and O–H groups in total. The molecule has 0 aliphatic carbocycles. The van der Waals surface area contributed by atoms with Gasteiger partial charge in [-0.05, 0) is 49.2 Å². The highest BCUT2D eigenvalue weighted by molar-refractivity contribution is 7.80. The minimum absolute atomic E-state index is 0.00977. The van der Waals surface area contributed by atoms with E-state index < -0.39 is 5.54 Å². The molecule has 0 bridgehead atoms. The summed E-state index contributed by atoms with van der Waals surface area (Å²) in [5.41, 5.74) is 1.08. The lowest BCUT2D eigenvalue weighted by atomic mass is 9.72. The number of rotatable bonds is 8. The summed E-state index contributed by atoms with van der Waals surface area (Å²) in [4.78, 5) is 15.1. The van der Waals surface area contributed by atoms with E-state index in [2.05, 4.69) is 15.5 Å². The molecule has 0 radical (unpaired) electrons. The van der Waals surface area contributed by atoms with Gasteiger partial charge in [-0.25, -0.2) is 0 Å². The molecule has 4 rings (SSSR count). The second kappa shape index (κ2) is 12.0. The van der Waals surface area contributed by atoms with E-state index in [0.717, 1.165) is 29.9 Å². The highest BCUT2D eigenvalue weighted by Crippen LogP contribution is 2.40. The third-order valence-electron chi connectivity index (χ3n) is 7.36. The molecule has 2 heterocycles. The number of thiocarbonyl (C=S) groups is 1. The van der Waals surface area contributed by atoms with Crippen LogP contribution in [0.15, 0.2) is 48.5 Å². The number of amides is 1. The highest BCUT2D eigenvalue weighted by atomic mass is 32.1. The zero-order valence-corrected chi connectivity index (χ0v) is 21.7. The normalized spacial score (nSPS) is 22.7. The Morgan fingerprint density at radius 1 is 1.17 bits per heavy atom. The Hall–Kier alpha value is -2.72. The van der Waals surface area contributed by atoms with Crippen molar-refractivity contribution in [3.63, 3.8) is 0 Å². The number of nitrogens with zero attached hydrogens (tertiary/aromatic N) is 1. The van der Waals surface area contributed by atoms with Crippen LogP contribution in [0, 0.1) is 11.8 Å². The molecule has 2 fully saturated rings. The highest BCUT2D eigenvalue weighted by Gasteiger charge is 2.52. The first-order valence-corrected chi connectivity index (χ1v) is 12.7. The van der Waals surface area contributed by atoms with Crippen molar-refractivity contribution >= 4 is 23.2 Å². The summed E-state index contributed by atoms with van der Waals surface area (Å²) >= 11 is 5.64. The average molecular weight is 514 g/mol. The second-order valence-corrected chi connectivity index (χ2v) is 9.84. The molecule has 1 amide bonds. The van der Waals surface area contributed by atoms with Gasteiger partial charge >= 0.3 is 0 Å². The van der Waals surface area contributed by atoms with Crippen LogP contribution in [0.1, 0.15) is 28.8 Å². The molecule has 2 aromatic carbocycles. The van der Waals surface area contributed by atoms with Crippen LogP contribution in [-0.4, -0.2) is 73.7 Å². The molecule has 36 heavy (non-hydrogen) atoms. The number of carbonyl (C=O) groups is 1. The van der Waals surface area contributed by atoms with Crippen LogP contribution < -0.4 is 20.1 Å². The number of benzene rings is 2. The Bertz CT molecular complexity index is 1050. The van der Waals surface area contributed by atoms with E-state index in [1.54, 1.807) is 26.4 Å². The first-order valence-electron chi connectivity index (χ1n) is 12.3. The Labute approximate surface area is 217 Å². The molecule has 2 saturated heterocycles. The largest absolute Gasteiger partial charge is 0.497 e. The molecule has 194 valence electrons. The predicted octanol–water partition coefficient (Wildman–Crippen LogP) is 2.60. The minimum atomic E-state index is -0.501. The van der Waals surface area contributed by atoms with Crippen molar-refractivity contribution in [1.82, 2.24) is 15.5 Å². The lowest BCUT2D eigenvalue weighted by molar-refractivity contribution is 0.0168. The topological polar surface area (TPSA) is 92.3 Å². The fourth-order valence-corrected chi connectivity index (χ4v) is 5.81. The lowest BCUT2D eigenvalue weighted by Gasteiger charge is -2.44. The van der Waals surface area contributed by atoms with E-state index >= 15 is 0 Å². The molecule has 2 aliphatic heterocycles. The van der Waals surface area contributed by atoms with Gasteiger partial charge in [0.1, 0.15) is 11.5 Å². The van der Waals surface area contributed by atoms with Crippen molar-refractivity contribution in [2.24, 2.45) is 11.8 Å². The van der Waals surface area contributed by atoms with Crippen LogP contribution in [0.3, 0.4) is 0 Å². The van der Waals surface area contributed by atoms with Gasteiger partial charge in [0, 0.05) is 62.6 Å². The molecule has 0 spiro atoms. The summed E-state index contributed by atoms with van der Waals surface area (Å²) < 4.78 is 16.6.